The number of carbonyl (C=O) groups excluding carboxylic acids is 2. The van der Waals surface area contributed by atoms with Crippen LogP contribution in [0.15, 0.2) is 0 Å². The van der Waals surface area contributed by atoms with Gasteiger partial charge in [0.1, 0.15) is 0 Å². The zero-order valence-electron chi connectivity index (χ0n) is 13.5. The maximum Gasteiger partial charge on any atom is 0.410 e. The van der Waals surface area contributed by atoms with Crippen LogP contribution in [-0.2, 0) is 14.3 Å². The molecule has 0 N–H and O–H groups in total. The second-order valence-corrected chi connectivity index (χ2v) is 5.60. The Balaban J connectivity index is 2.19. The molecule has 0 aromatic heterocycles. The number of hydrogen-bond donors (Lipinski definition) is 0. The summed E-state index contributed by atoms with van der Waals surface area (Å²) in [5, 5.41) is 0. The molecule has 0 aromatic carbocycles. The fraction of sp³-hybridized carbons (Fsp3) is 0.867. The molecule has 6 heteroatoms. The fourth-order valence-electron chi connectivity index (χ4n) is 2.27. The molecule has 0 atom stereocenters. The van der Waals surface area contributed by atoms with Crippen molar-refractivity contribution in [2.75, 3.05) is 39.9 Å². The van der Waals surface area contributed by atoms with Gasteiger partial charge in [0.05, 0.1) is 6.10 Å². The number of piperazine rings is 1. The second-order valence-electron chi connectivity index (χ2n) is 5.60. The summed E-state index contributed by atoms with van der Waals surface area (Å²) in [4.78, 5) is 27.3. The van der Waals surface area contributed by atoms with Gasteiger partial charge in [0.2, 0.25) is 5.91 Å². The van der Waals surface area contributed by atoms with E-state index in [1.807, 2.05) is 18.7 Å². The van der Waals surface area contributed by atoms with E-state index in [0.29, 0.717) is 32.6 Å². The number of unbranched alkanes of at least 4 members (excludes halogenated alkanes) is 2. The highest BCUT2D eigenvalue weighted by Crippen LogP contribution is 2.09. The first kappa shape index (κ1) is 17.8. The molecule has 1 fully saturated rings. The summed E-state index contributed by atoms with van der Waals surface area (Å²) in [5.41, 5.74) is 0. The number of amides is 2. The van der Waals surface area contributed by atoms with E-state index in [-0.39, 0.29) is 18.1 Å². The third-order valence-electron chi connectivity index (χ3n) is 3.47. The Morgan fingerprint density at radius 2 is 1.62 bits per heavy atom. The molecule has 0 unspecified atom stereocenters. The third-order valence-corrected chi connectivity index (χ3v) is 3.47. The molecule has 6 nitrogen and oxygen atoms in total. The maximum atomic E-state index is 12.0. The Labute approximate surface area is 127 Å². The molecule has 1 saturated heterocycles. The molecule has 1 aliphatic heterocycles. The molecule has 122 valence electrons. The van der Waals surface area contributed by atoms with Crippen LogP contribution in [0.2, 0.25) is 0 Å². The average molecular weight is 300 g/mol. The highest BCUT2D eigenvalue weighted by atomic mass is 16.6. The van der Waals surface area contributed by atoms with Crippen molar-refractivity contribution < 1.29 is 19.1 Å². The Bertz CT molecular complexity index is 326. The van der Waals surface area contributed by atoms with Crippen LogP contribution in [0.3, 0.4) is 0 Å². The smallest absolute Gasteiger partial charge is 0.410 e. The van der Waals surface area contributed by atoms with E-state index < -0.39 is 0 Å². The van der Waals surface area contributed by atoms with Crippen LogP contribution in [0, 0.1) is 0 Å². The third kappa shape index (κ3) is 6.80. The lowest BCUT2D eigenvalue weighted by Gasteiger charge is -2.34. The quantitative estimate of drug-likeness (QED) is 0.674. The molecule has 0 radical (unpaired) electrons. The minimum atomic E-state index is -0.281. The zero-order valence-corrected chi connectivity index (χ0v) is 13.5. The lowest BCUT2D eigenvalue weighted by molar-refractivity contribution is -0.133. The minimum Gasteiger partial charge on any atom is -0.447 e. The fourth-order valence-corrected chi connectivity index (χ4v) is 2.27. The van der Waals surface area contributed by atoms with Crippen LogP contribution >= 0.6 is 0 Å². The van der Waals surface area contributed by atoms with Gasteiger partial charge in [-0.15, -0.1) is 0 Å². The summed E-state index contributed by atoms with van der Waals surface area (Å²) in [6, 6.07) is 0. The first-order chi connectivity index (χ1) is 10.0. The van der Waals surface area contributed by atoms with E-state index in [4.69, 9.17) is 9.47 Å². The second kappa shape index (κ2) is 9.60. The van der Waals surface area contributed by atoms with Gasteiger partial charge in [0, 0.05) is 46.3 Å². The van der Waals surface area contributed by atoms with Gasteiger partial charge in [-0.3, -0.25) is 4.79 Å². The van der Waals surface area contributed by atoms with Crippen molar-refractivity contribution in [2.24, 2.45) is 0 Å². The van der Waals surface area contributed by atoms with Crippen molar-refractivity contribution in [3.05, 3.63) is 0 Å². The molecular weight excluding hydrogens is 272 g/mol. The molecular formula is C15H28N2O4. The van der Waals surface area contributed by atoms with E-state index in [2.05, 4.69) is 0 Å². The van der Waals surface area contributed by atoms with Gasteiger partial charge in [-0.2, -0.15) is 0 Å². The van der Waals surface area contributed by atoms with Gasteiger partial charge >= 0.3 is 6.09 Å². The average Bonchev–Trinajstić information content (AvgIpc) is 2.46. The lowest BCUT2D eigenvalue weighted by Crippen LogP contribution is -2.51. The minimum absolute atomic E-state index is 0.107. The van der Waals surface area contributed by atoms with E-state index in [0.717, 1.165) is 25.9 Å². The first-order valence-electron chi connectivity index (χ1n) is 7.77. The first-order valence-corrected chi connectivity index (χ1v) is 7.77. The summed E-state index contributed by atoms with van der Waals surface area (Å²) >= 11 is 0. The number of carbonyl (C=O) groups is 2. The van der Waals surface area contributed by atoms with Crippen molar-refractivity contribution >= 4 is 12.0 Å². The van der Waals surface area contributed by atoms with E-state index in [9.17, 15) is 9.59 Å². The Morgan fingerprint density at radius 3 is 2.19 bits per heavy atom. The van der Waals surface area contributed by atoms with Gasteiger partial charge in [-0.05, 0) is 26.7 Å². The highest BCUT2D eigenvalue weighted by Gasteiger charge is 2.24. The van der Waals surface area contributed by atoms with Crippen LogP contribution in [0.1, 0.15) is 39.5 Å². The van der Waals surface area contributed by atoms with Crippen LogP contribution in [-0.4, -0.2) is 67.8 Å². The normalized spacial score (nSPS) is 15.4. The highest BCUT2D eigenvalue weighted by molar-refractivity contribution is 5.76. The topological polar surface area (TPSA) is 59.1 Å². The molecule has 1 aliphatic rings. The van der Waals surface area contributed by atoms with Crippen molar-refractivity contribution in [3.8, 4) is 0 Å². The monoisotopic (exact) mass is 300 g/mol. The van der Waals surface area contributed by atoms with Crippen LogP contribution in [0.25, 0.3) is 0 Å². The number of rotatable bonds is 7. The van der Waals surface area contributed by atoms with Gasteiger partial charge in [0.25, 0.3) is 0 Å². The van der Waals surface area contributed by atoms with Crippen molar-refractivity contribution in [3.63, 3.8) is 0 Å². The standard InChI is InChI=1S/C15H28N2O4/c1-13(2)21-15(19)17-10-8-16(9-11-17)14(18)7-5-4-6-12-20-3/h13H,4-12H2,1-3H3. The molecule has 0 saturated carbocycles. The van der Waals surface area contributed by atoms with Crippen molar-refractivity contribution in [2.45, 2.75) is 45.6 Å². The predicted octanol–water partition coefficient (Wildman–Crippen LogP) is 1.88. The van der Waals surface area contributed by atoms with Crippen molar-refractivity contribution in [1.82, 2.24) is 9.80 Å². The molecule has 0 spiro atoms. The summed E-state index contributed by atoms with van der Waals surface area (Å²) in [6.07, 6.45) is 3.11. The Kier molecular flexibility index (Phi) is 8.12. The molecule has 0 aromatic rings. The maximum absolute atomic E-state index is 12.0. The summed E-state index contributed by atoms with van der Waals surface area (Å²) in [7, 11) is 1.69. The van der Waals surface area contributed by atoms with Crippen LogP contribution in [0.4, 0.5) is 4.79 Å². The SMILES string of the molecule is COCCCCCC(=O)N1CCN(C(=O)OC(C)C)CC1. The Morgan fingerprint density at radius 1 is 1.00 bits per heavy atom. The number of methoxy groups -OCH3 is 1. The van der Waals surface area contributed by atoms with E-state index in [1.165, 1.54) is 0 Å². The van der Waals surface area contributed by atoms with Crippen LogP contribution in [0.5, 0.6) is 0 Å². The van der Waals surface area contributed by atoms with Gasteiger partial charge in [-0.1, -0.05) is 6.42 Å². The molecule has 2 amide bonds. The zero-order chi connectivity index (χ0) is 15.7. The number of hydrogen-bond acceptors (Lipinski definition) is 4. The number of ether oxygens (including phenoxy) is 2. The molecule has 1 heterocycles. The van der Waals surface area contributed by atoms with Crippen molar-refractivity contribution in [1.29, 1.82) is 0 Å². The molecule has 0 aliphatic carbocycles. The lowest BCUT2D eigenvalue weighted by atomic mass is 10.1. The van der Waals surface area contributed by atoms with Gasteiger partial charge in [0.15, 0.2) is 0 Å². The van der Waals surface area contributed by atoms with Gasteiger partial charge in [-0.25, -0.2) is 4.79 Å². The Hall–Kier alpha value is -1.30. The summed E-state index contributed by atoms with van der Waals surface area (Å²) < 4.78 is 10.1. The van der Waals surface area contributed by atoms with Crippen LogP contribution < -0.4 is 0 Å². The summed E-state index contributed by atoms with van der Waals surface area (Å²) in [6.45, 7) is 6.74. The molecule has 21 heavy (non-hydrogen) atoms. The van der Waals surface area contributed by atoms with E-state index in [1.54, 1.807) is 12.0 Å². The molecule has 0 bridgehead atoms. The van der Waals surface area contributed by atoms with Gasteiger partial charge < -0.3 is 19.3 Å². The predicted molar refractivity (Wildman–Crippen MR) is 80.1 cm³/mol. The van der Waals surface area contributed by atoms with E-state index >= 15 is 0 Å². The summed E-state index contributed by atoms with van der Waals surface area (Å²) in [5.74, 6) is 0.185. The molecule has 1 rings (SSSR count). The largest absolute Gasteiger partial charge is 0.447 e. The number of nitrogens with zero attached hydrogens (tertiary/aromatic N) is 2.